The first kappa shape index (κ1) is 18.2. The number of nitrogens with zero attached hydrogens (tertiary/aromatic N) is 2. The average molecular weight is 329 g/mol. The van der Waals surface area contributed by atoms with E-state index in [1.54, 1.807) is 4.90 Å². The predicted molar refractivity (Wildman–Crippen MR) is 87.0 cm³/mol. The molecule has 0 aliphatic carbocycles. The predicted octanol–water partition coefficient (Wildman–Crippen LogP) is 1.80. The van der Waals surface area contributed by atoms with Crippen LogP contribution in [-0.4, -0.2) is 34.9 Å². The second-order valence-electron chi connectivity index (χ2n) is 5.55. The van der Waals surface area contributed by atoms with Gasteiger partial charge in [-0.1, -0.05) is 6.92 Å². The Hall–Kier alpha value is -1.86. The third-order valence-corrected chi connectivity index (χ3v) is 3.99. The van der Waals surface area contributed by atoms with E-state index in [1.807, 2.05) is 0 Å². The van der Waals surface area contributed by atoms with E-state index in [1.165, 1.54) is 18.2 Å². The first-order valence-corrected chi connectivity index (χ1v) is 6.99. The lowest BCUT2D eigenvalue weighted by molar-refractivity contribution is -0.384. The summed E-state index contributed by atoms with van der Waals surface area (Å²) in [6, 6.07) is 3.89. The van der Waals surface area contributed by atoms with Crippen molar-refractivity contribution in [3.8, 4) is 0 Å². The van der Waals surface area contributed by atoms with E-state index in [-0.39, 0.29) is 41.3 Å². The molecule has 2 rings (SSSR count). The third-order valence-electron chi connectivity index (χ3n) is 3.99. The molecule has 2 atom stereocenters. The minimum Gasteiger partial charge on any atom is -0.398 e. The Labute approximate surface area is 135 Å². The molecule has 1 aromatic carbocycles. The Morgan fingerprint density at radius 2 is 2.18 bits per heavy atom. The van der Waals surface area contributed by atoms with Crippen LogP contribution in [0.4, 0.5) is 11.4 Å². The van der Waals surface area contributed by atoms with Crippen molar-refractivity contribution >= 4 is 29.7 Å². The molecule has 1 saturated heterocycles. The number of non-ortho nitro benzene ring substituents is 1. The van der Waals surface area contributed by atoms with E-state index < -0.39 is 4.92 Å². The number of hydrogen-bond donors (Lipinski definition) is 2. The smallest absolute Gasteiger partial charge is 0.270 e. The number of likely N-dealkylation sites (tertiary alicyclic amines) is 1. The highest BCUT2D eigenvalue weighted by atomic mass is 35.5. The minimum absolute atomic E-state index is 0. The van der Waals surface area contributed by atoms with E-state index in [9.17, 15) is 14.9 Å². The Balaban J connectivity index is 0.00000242. The van der Waals surface area contributed by atoms with Crippen LogP contribution in [0.5, 0.6) is 0 Å². The lowest BCUT2D eigenvalue weighted by atomic mass is 9.91. The number of carbonyl (C=O) groups excluding carboxylic acids is 1. The maximum Gasteiger partial charge on any atom is 0.270 e. The van der Waals surface area contributed by atoms with Crippen LogP contribution in [0.25, 0.3) is 0 Å². The zero-order valence-corrected chi connectivity index (χ0v) is 13.2. The van der Waals surface area contributed by atoms with Crippen molar-refractivity contribution in [1.82, 2.24) is 4.90 Å². The number of rotatable bonds is 3. The van der Waals surface area contributed by atoms with Gasteiger partial charge in [-0.25, -0.2) is 0 Å². The molecule has 7 nitrogen and oxygen atoms in total. The van der Waals surface area contributed by atoms with E-state index in [4.69, 9.17) is 11.5 Å². The first-order valence-electron chi connectivity index (χ1n) is 6.99. The van der Waals surface area contributed by atoms with Gasteiger partial charge in [0, 0.05) is 37.0 Å². The maximum absolute atomic E-state index is 12.6. The summed E-state index contributed by atoms with van der Waals surface area (Å²) < 4.78 is 0. The Kier molecular flexibility index (Phi) is 6.13. The molecule has 0 radical (unpaired) electrons. The number of nitrogens with two attached hydrogens (primary N) is 2. The molecule has 1 heterocycles. The quantitative estimate of drug-likeness (QED) is 0.498. The van der Waals surface area contributed by atoms with Gasteiger partial charge in [0.15, 0.2) is 0 Å². The van der Waals surface area contributed by atoms with Crippen molar-refractivity contribution in [1.29, 1.82) is 0 Å². The highest BCUT2D eigenvalue weighted by Gasteiger charge is 2.31. The van der Waals surface area contributed by atoms with Gasteiger partial charge in [-0.3, -0.25) is 14.9 Å². The van der Waals surface area contributed by atoms with Gasteiger partial charge in [-0.05, 0) is 24.8 Å². The maximum atomic E-state index is 12.6. The van der Waals surface area contributed by atoms with E-state index in [0.29, 0.717) is 19.0 Å². The van der Waals surface area contributed by atoms with Gasteiger partial charge in [-0.2, -0.15) is 0 Å². The normalized spacial score (nSPS) is 21.1. The van der Waals surface area contributed by atoms with E-state index in [0.717, 1.165) is 12.8 Å². The molecular weight excluding hydrogens is 308 g/mol. The first-order chi connectivity index (χ1) is 9.93. The molecule has 1 amide bonds. The van der Waals surface area contributed by atoms with Crippen molar-refractivity contribution in [2.45, 2.75) is 25.8 Å². The fourth-order valence-electron chi connectivity index (χ4n) is 2.74. The number of hydrogen-bond acceptors (Lipinski definition) is 5. The van der Waals surface area contributed by atoms with Crippen LogP contribution in [-0.2, 0) is 0 Å². The Bertz CT molecular complexity index is 567. The fraction of sp³-hybridized carbons (Fsp3) is 0.500. The van der Waals surface area contributed by atoms with Crippen molar-refractivity contribution in [3.05, 3.63) is 33.9 Å². The zero-order chi connectivity index (χ0) is 15.6. The number of nitro groups is 1. The third kappa shape index (κ3) is 3.66. The molecule has 1 aliphatic rings. The molecule has 0 bridgehead atoms. The number of carbonyl (C=O) groups is 1. The second-order valence-corrected chi connectivity index (χ2v) is 5.55. The van der Waals surface area contributed by atoms with E-state index in [2.05, 4.69) is 6.92 Å². The van der Waals surface area contributed by atoms with Gasteiger partial charge in [0.1, 0.15) is 0 Å². The standard InChI is InChI=1S/C14H20N4O3.ClH/c1-9-4-5-17(11(6-9)8-15)14(19)12-7-10(18(20)21)2-3-13(12)16;/h2-3,7,9,11H,4-6,8,15-16H2,1H3;1H. The van der Waals surface area contributed by atoms with Crippen LogP contribution in [0.3, 0.4) is 0 Å². The molecule has 0 spiro atoms. The molecule has 2 unspecified atom stereocenters. The molecule has 1 aromatic rings. The Morgan fingerprint density at radius 1 is 1.50 bits per heavy atom. The highest BCUT2D eigenvalue weighted by Crippen LogP contribution is 2.27. The number of nitrogen functional groups attached to an aromatic ring is 1. The van der Waals surface area contributed by atoms with Crippen molar-refractivity contribution in [2.24, 2.45) is 11.7 Å². The molecule has 1 aliphatic heterocycles. The summed E-state index contributed by atoms with van der Waals surface area (Å²) in [6.07, 6.45) is 1.74. The minimum atomic E-state index is -0.533. The fourth-order valence-corrected chi connectivity index (χ4v) is 2.74. The van der Waals surface area contributed by atoms with Crippen LogP contribution in [0, 0.1) is 16.0 Å². The van der Waals surface area contributed by atoms with Crippen LogP contribution in [0.2, 0.25) is 0 Å². The largest absolute Gasteiger partial charge is 0.398 e. The molecule has 22 heavy (non-hydrogen) atoms. The topological polar surface area (TPSA) is 115 Å². The molecule has 4 N–H and O–H groups in total. The van der Waals surface area contributed by atoms with Crippen LogP contribution >= 0.6 is 12.4 Å². The summed E-state index contributed by atoms with van der Waals surface area (Å²) in [5, 5.41) is 10.8. The van der Waals surface area contributed by atoms with Gasteiger partial charge >= 0.3 is 0 Å². The molecule has 1 fully saturated rings. The summed E-state index contributed by atoms with van der Waals surface area (Å²) >= 11 is 0. The van der Waals surface area contributed by atoms with Gasteiger partial charge < -0.3 is 16.4 Å². The number of nitro benzene ring substituents is 1. The van der Waals surface area contributed by atoms with Gasteiger partial charge in [0.2, 0.25) is 0 Å². The summed E-state index contributed by atoms with van der Waals surface area (Å²) in [6.45, 7) is 3.11. The Morgan fingerprint density at radius 3 is 2.77 bits per heavy atom. The summed E-state index contributed by atoms with van der Waals surface area (Å²) in [4.78, 5) is 24.6. The van der Waals surface area contributed by atoms with Gasteiger partial charge in [0.05, 0.1) is 10.5 Å². The van der Waals surface area contributed by atoms with Crippen LogP contribution < -0.4 is 11.5 Å². The van der Waals surface area contributed by atoms with Crippen molar-refractivity contribution < 1.29 is 9.72 Å². The molecular formula is C14H21ClN4O3. The molecule has 122 valence electrons. The number of benzene rings is 1. The SMILES string of the molecule is CC1CCN(C(=O)c2cc([N+](=O)[O-])ccc2N)C(CN)C1.Cl. The van der Waals surface area contributed by atoms with Crippen molar-refractivity contribution in [3.63, 3.8) is 0 Å². The summed E-state index contributed by atoms with van der Waals surface area (Å²) in [7, 11) is 0. The zero-order valence-electron chi connectivity index (χ0n) is 12.4. The van der Waals surface area contributed by atoms with Crippen molar-refractivity contribution in [2.75, 3.05) is 18.8 Å². The van der Waals surface area contributed by atoms with Crippen LogP contribution in [0.15, 0.2) is 18.2 Å². The van der Waals surface area contributed by atoms with Crippen LogP contribution in [0.1, 0.15) is 30.1 Å². The van der Waals surface area contributed by atoms with Gasteiger partial charge in [0.25, 0.3) is 11.6 Å². The number of amides is 1. The highest BCUT2D eigenvalue weighted by molar-refractivity contribution is 6.00. The molecule has 8 heteroatoms. The molecule has 0 saturated carbocycles. The average Bonchev–Trinajstić information content (AvgIpc) is 2.46. The number of piperidine rings is 1. The summed E-state index contributed by atoms with van der Waals surface area (Å²) in [5.74, 6) is 0.239. The monoisotopic (exact) mass is 328 g/mol. The number of halogens is 1. The summed E-state index contributed by atoms with van der Waals surface area (Å²) in [5.41, 5.74) is 11.9. The molecule has 0 aromatic heterocycles. The number of anilines is 1. The second kappa shape index (κ2) is 7.42. The van der Waals surface area contributed by atoms with Gasteiger partial charge in [-0.15, -0.1) is 12.4 Å². The lowest BCUT2D eigenvalue weighted by Crippen LogP contribution is -2.49. The van der Waals surface area contributed by atoms with E-state index >= 15 is 0 Å². The lowest BCUT2D eigenvalue weighted by Gasteiger charge is -2.38.